The number of aliphatic hydroxyl groups excluding tert-OH is 1. The number of ether oxygens (including phenoxy) is 2. The molecule has 5 atom stereocenters. The van der Waals surface area contributed by atoms with E-state index in [4.69, 9.17) is 14.5 Å². The van der Waals surface area contributed by atoms with Crippen LogP contribution < -0.4 is 37.5 Å². The van der Waals surface area contributed by atoms with E-state index in [9.17, 15) is 58.2 Å². The van der Waals surface area contributed by atoms with Gasteiger partial charge >= 0.3 is 5.97 Å². The maximum atomic E-state index is 15.4. The summed E-state index contributed by atoms with van der Waals surface area (Å²) < 4.78 is 27.5. The number of nitrogens with one attached hydrogen (secondary N) is 6. The van der Waals surface area contributed by atoms with Crippen LogP contribution in [0.3, 0.4) is 0 Å². The van der Waals surface area contributed by atoms with Gasteiger partial charge in [0.25, 0.3) is 5.56 Å². The Morgan fingerprint density at radius 2 is 1.63 bits per heavy atom. The normalized spacial score (nSPS) is 18.9. The molecule has 1 unspecified atom stereocenters. The van der Waals surface area contributed by atoms with Gasteiger partial charge in [-0.05, 0) is 54.5 Å². The molecule has 2 aromatic carbocycles. The predicted molar refractivity (Wildman–Crippen MR) is 264 cm³/mol. The number of aromatic nitrogens is 2. The van der Waals surface area contributed by atoms with Crippen LogP contribution in [0.15, 0.2) is 47.3 Å². The van der Waals surface area contributed by atoms with Gasteiger partial charge in [0, 0.05) is 60.7 Å². The standard InChI is InChI=1S/C52H58FN9O14/c1-4-52(74)32-18-37-46-30(23-62(37)50(72)31(32)24-76-51(52)73)45-34(11-10-29-27(3)33(53)19-35(59-46)44(29)45)60-48(70)38(63)13-15-75-25-57-41(66)21-56-47(69)36(17-28-8-6-5-7-9-28)58-42(67)22-55-40(65)20-54-39(64)12-14-61-43(68)16-26(2)49(61)71/h5-9,18-19,26,34,36,38,63,74H,4,10-17,20-25H2,1-3H3,(H,54,64)(H,55,65)(H,56,69)(H,57,66)(H,58,67)(H,60,70)/t26?,34-,36-,38+,52-/m0/s1. The highest BCUT2D eigenvalue weighted by Crippen LogP contribution is 2.46. The van der Waals surface area contributed by atoms with Gasteiger partial charge in [-0.1, -0.05) is 44.2 Å². The minimum absolute atomic E-state index is 0.0229. The molecule has 76 heavy (non-hydrogen) atoms. The van der Waals surface area contributed by atoms with Crippen molar-refractivity contribution in [3.8, 4) is 11.4 Å². The molecule has 0 radical (unpaired) electrons. The van der Waals surface area contributed by atoms with E-state index in [0.717, 1.165) is 4.90 Å². The number of aryl methyl sites for hydroxylation is 1. The van der Waals surface area contributed by atoms with Gasteiger partial charge in [-0.25, -0.2) is 14.2 Å². The molecular formula is C52H58FN9O14. The smallest absolute Gasteiger partial charge is 0.343 e. The zero-order valence-corrected chi connectivity index (χ0v) is 42.0. The van der Waals surface area contributed by atoms with Gasteiger partial charge in [-0.3, -0.25) is 48.1 Å². The highest BCUT2D eigenvalue weighted by molar-refractivity contribution is 6.03. The number of hydrogen-bond donors (Lipinski definition) is 8. The topological polar surface area (TPSA) is 323 Å². The third-order valence-corrected chi connectivity index (χ3v) is 14.2. The number of halogens is 1. The van der Waals surface area contributed by atoms with Gasteiger partial charge in [0.1, 0.15) is 31.3 Å². The molecule has 1 aliphatic carbocycles. The quantitative estimate of drug-likeness (QED) is 0.0196. The van der Waals surface area contributed by atoms with Crippen molar-refractivity contribution in [2.45, 2.75) is 103 Å². The number of fused-ring (bicyclic) bond motifs is 5. The number of rotatable bonds is 21. The number of amides is 8. The number of likely N-dealkylation sites (tertiary alicyclic amines) is 1. The molecule has 402 valence electrons. The summed E-state index contributed by atoms with van der Waals surface area (Å²) in [4.78, 5) is 134. The zero-order chi connectivity index (χ0) is 54.6. The number of carbonyl (C=O) groups excluding carboxylic acids is 9. The molecule has 23 nitrogen and oxygen atoms in total. The monoisotopic (exact) mass is 1050 g/mol. The third-order valence-electron chi connectivity index (χ3n) is 14.2. The lowest BCUT2D eigenvalue weighted by Gasteiger charge is -2.31. The fraction of sp³-hybridized carbons (Fsp3) is 0.442. The Balaban J connectivity index is 0.805. The number of cyclic esters (lactones) is 1. The van der Waals surface area contributed by atoms with Gasteiger partial charge in [0.2, 0.25) is 47.3 Å². The molecule has 4 aromatic rings. The van der Waals surface area contributed by atoms with Crippen molar-refractivity contribution in [3.63, 3.8) is 0 Å². The first-order valence-electron chi connectivity index (χ1n) is 24.9. The average molecular weight is 1050 g/mol. The highest BCUT2D eigenvalue weighted by Gasteiger charge is 2.46. The Morgan fingerprint density at radius 3 is 2.36 bits per heavy atom. The van der Waals surface area contributed by atoms with E-state index in [2.05, 4.69) is 31.9 Å². The third kappa shape index (κ3) is 11.3. The number of benzene rings is 2. The lowest BCUT2D eigenvalue weighted by molar-refractivity contribution is -0.172. The summed E-state index contributed by atoms with van der Waals surface area (Å²) in [6.45, 7) is 2.32. The second kappa shape index (κ2) is 22.9. The second-order valence-corrected chi connectivity index (χ2v) is 19.2. The largest absolute Gasteiger partial charge is 0.458 e. The van der Waals surface area contributed by atoms with Crippen LogP contribution in [0.25, 0.3) is 22.3 Å². The number of esters is 1. The number of hydrogen-bond acceptors (Lipinski definition) is 15. The first kappa shape index (κ1) is 54.3. The summed E-state index contributed by atoms with van der Waals surface area (Å²) in [5, 5.41) is 38.0. The molecule has 0 saturated carbocycles. The maximum absolute atomic E-state index is 15.4. The fourth-order valence-corrected chi connectivity index (χ4v) is 9.96. The molecule has 2 aromatic heterocycles. The van der Waals surface area contributed by atoms with E-state index in [0.29, 0.717) is 57.4 Å². The number of nitrogens with zero attached hydrogens (tertiary/aromatic N) is 3. The van der Waals surface area contributed by atoms with Crippen molar-refractivity contribution >= 4 is 64.1 Å². The Morgan fingerprint density at radius 1 is 0.921 bits per heavy atom. The molecule has 3 aliphatic heterocycles. The first-order valence-corrected chi connectivity index (χ1v) is 24.9. The average Bonchev–Trinajstić information content (AvgIpc) is 3.96. The Labute approximate surface area is 433 Å². The number of aliphatic hydroxyl groups is 2. The molecule has 8 rings (SSSR count). The lowest BCUT2D eigenvalue weighted by atomic mass is 9.81. The van der Waals surface area contributed by atoms with Crippen LogP contribution in [0.2, 0.25) is 0 Å². The van der Waals surface area contributed by atoms with Crippen molar-refractivity contribution in [3.05, 3.63) is 97.6 Å². The summed E-state index contributed by atoms with van der Waals surface area (Å²) in [5.41, 5.74) is 1.59. The molecule has 0 spiro atoms. The van der Waals surface area contributed by atoms with E-state index in [1.165, 1.54) is 10.6 Å². The van der Waals surface area contributed by atoms with Crippen LogP contribution in [-0.4, -0.2) is 130 Å². The van der Waals surface area contributed by atoms with Crippen molar-refractivity contribution < 1.29 is 67.2 Å². The highest BCUT2D eigenvalue weighted by atomic mass is 19.1. The second-order valence-electron chi connectivity index (χ2n) is 19.2. The fourth-order valence-electron chi connectivity index (χ4n) is 9.96. The molecule has 8 N–H and O–H groups in total. The summed E-state index contributed by atoms with van der Waals surface area (Å²) in [6.07, 6.45) is -1.25. The van der Waals surface area contributed by atoms with E-state index < -0.39 is 102 Å². The van der Waals surface area contributed by atoms with Crippen LogP contribution >= 0.6 is 0 Å². The summed E-state index contributed by atoms with van der Waals surface area (Å²) in [6, 6.07) is 9.65. The molecule has 24 heteroatoms. The van der Waals surface area contributed by atoms with Crippen molar-refractivity contribution in [1.82, 2.24) is 46.4 Å². The van der Waals surface area contributed by atoms with Crippen LogP contribution in [-0.2, 0) is 84.2 Å². The van der Waals surface area contributed by atoms with Crippen LogP contribution in [0.4, 0.5) is 4.39 Å². The van der Waals surface area contributed by atoms with E-state index in [1.54, 1.807) is 57.2 Å². The SMILES string of the molecule is CC[C@@]1(O)C(=O)OCc2c1cc1n(c2=O)Cc2c-1nc1cc(F)c(C)c3c1c2[C@@H](NC(=O)[C@H](O)CCOCNC(=O)CNC(=O)[C@H](Cc1ccccc1)NC(=O)CNC(=O)CNC(=O)CCN1C(=O)CC(C)C1=O)CC3. The molecule has 0 bridgehead atoms. The Hall–Kier alpha value is -7.96. The number of imide groups is 1. The maximum Gasteiger partial charge on any atom is 0.343 e. The molecule has 1 fully saturated rings. The number of pyridine rings is 2. The summed E-state index contributed by atoms with van der Waals surface area (Å²) in [7, 11) is 0. The lowest BCUT2D eigenvalue weighted by Crippen LogP contribution is -2.52. The molecule has 5 heterocycles. The molecule has 1 saturated heterocycles. The summed E-state index contributed by atoms with van der Waals surface area (Å²) in [5.74, 6) is -6.74. The van der Waals surface area contributed by atoms with E-state index >= 15 is 4.39 Å². The van der Waals surface area contributed by atoms with Crippen molar-refractivity contribution in [2.24, 2.45) is 5.92 Å². The minimum Gasteiger partial charge on any atom is -0.458 e. The van der Waals surface area contributed by atoms with Gasteiger partial charge in [0.05, 0.1) is 61.3 Å². The first-order chi connectivity index (χ1) is 36.3. The summed E-state index contributed by atoms with van der Waals surface area (Å²) >= 11 is 0. The van der Waals surface area contributed by atoms with E-state index in [1.807, 2.05) is 0 Å². The molecule has 4 aliphatic rings. The van der Waals surface area contributed by atoms with Crippen molar-refractivity contribution in [2.75, 3.05) is 39.5 Å². The molecular weight excluding hydrogens is 994 g/mol. The minimum atomic E-state index is -2.06. The van der Waals surface area contributed by atoms with Crippen LogP contribution in [0.1, 0.15) is 90.9 Å². The van der Waals surface area contributed by atoms with Gasteiger partial charge < -0.3 is 56.2 Å². The molecule has 8 amide bonds. The predicted octanol–water partition coefficient (Wildman–Crippen LogP) is -0.667. The van der Waals surface area contributed by atoms with Crippen LogP contribution in [0, 0.1) is 18.7 Å². The Kier molecular flexibility index (Phi) is 16.3. The van der Waals surface area contributed by atoms with E-state index in [-0.39, 0.29) is 93.6 Å². The van der Waals surface area contributed by atoms with Gasteiger partial charge in [0.15, 0.2) is 5.60 Å². The number of carbonyl (C=O) groups is 9. The zero-order valence-electron chi connectivity index (χ0n) is 42.0. The van der Waals surface area contributed by atoms with Crippen molar-refractivity contribution in [1.29, 1.82) is 0 Å². The van der Waals surface area contributed by atoms with Crippen LogP contribution in [0.5, 0.6) is 0 Å². The Bertz CT molecular complexity index is 3110. The van der Waals surface area contributed by atoms with Gasteiger partial charge in [-0.2, -0.15) is 0 Å². The van der Waals surface area contributed by atoms with Gasteiger partial charge in [-0.15, -0.1) is 0 Å².